The van der Waals surface area contributed by atoms with Gasteiger partial charge in [-0.25, -0.2) is 0 Å². The van der Waals surface area contributed by atoms with E-state index in [0.29, 0.717) is 12.0 Å². The van der Waals surface area contributed by atoms with Crippen LogP contribution in [0.4, 0.5) is 0 Å². The molecule has 0 aliphatic carbocycles. The lowest BCUT2D eigenvalue weighted by molar-refractivity contribution is -0.140. The van der Waals surface area contributed by atoms with Gasteiger partial charge in [0, 0.05) is 19.4 Å². The first-order valence-electron chi connectivity index (χ1n) is 18.4. The first-order valence-corrected chi connectivity index (χ1v) is 18.4. The summed E-state index contributed by atoms with van der Waals surface area (Å²) in [6.07, 6.45) is 2.32. The quantitative estimate of drug-likeness (QED) is 0.0160. The van der Waals surface area contributed by atoms with Crippen molar-refractivity contribution in [1.82, 2.24) is 31.9 Å². The van der Waals surface area contributed by atoms with Gasteiger partial charge in [-0.2, -0.15) is 0 Å². The van der Waals surface area contributed by atoms with Crippen LogP contribution in [0.25, 0.3) is 0 Å². The van der Waals surface area contributed by atoms with Crippen LogP contribution in [0.2, 0.25) is 0 Å². The van der Waals surface area contributed by atoms with Crippen molar-refractivity contribution in [3.8, 4) is 0 Å². The number of nitrogens with one attached hydrogen (secondary N) is 6. The second kappa shape index (κ2) is 25.9. The lowest BCUT2D eigenvalue weighted by Gasteiger charge is -2.26. The van der Waals surface area contributed by atoms with Crippen molar-refractivity contribution in [2.24, 2.45) is 28.1 Å². The number of aliphatic carboxylic acids is 2. The summed E-state index contributed by atoms with van der Waals surface area (Å²) in [4.78, 5) is 107. The molecular weight excluding hydrogens is 760 g/mol. The van der Waals surface area contributed by atoms with Gasteiger partial charge in [0.2, 0.25) is 23.6 Å². The highest BCUT2D eigenvalue weighted by molar-refractivity contribution is 6.04. The molecular formula is C37H60N10O11. The first kappa shape index (κ1) is 51.9. The Morgan fingerprint density at radius 2 is 1.41 bits per heavy atom. The molecule has 15 N–H and O–H groups in total. The zero-order valence-corrected chi connectivity index (χ0v) is 34.0. The molecule has 6 atom stereocenters. The SMILES string of the molecule is C=C(/C=C\C)C[C@@H](NC(=O)[C@H](N)CCCN=C(N)N)C(=O)N[C@@H](C(=O)NC(C(=O)N[C@H](CCC(=O)O)C(=O)N/C(=C\C(C)C)C(=O)N[C@H](C)C(=O)O)=C(C)C)C(C)O. The molecule has 0 heterocycles. The molecule has 324 valence electrons. The van der Waals surface area contributed by atoms with Crippen molar-refractivity contribution in [1.29, 1.82) is 0 Å². The zero-order valence-electron chi connectivity index (χ0n) is 34.0. The third-order valence-electron chi connectivity index (χ3n) is 7.83. The second-order valence-corrected chi connectivity index (χ2v) is 13.9. The molecule has 0 rings (SSSR count). The van der Waals surface area contributed by atoms with E-state index >= 15 is 0 Å². The average molecular weight is 821 g/mol. The van der Waals surface area contributed by atoms with Crippen LogP contribution in [-0.2, 0) is 38.4 Å². The van der Waals surface area contributed by atoms with Crippen molar-refractivity contribution in [3.05, 3.63) is 47.3 Å². The van der Waals surface area contributed by atoms with Crippen LogP contribution in [-0.4, -0.2) is 112 Å². The molecule has 0 aromatic carbocycles. The second-order valence-electron chi connectivity index (χ2n) is 13.9. The highest BCUT2D eigenvalue weighted by Crippen LogP contribution is 2.11. The van der Waals surface area contributed by atoms with E-state index in [2.05, 4.69) is 43.5 Å². The smallest absolute Gasteiger partial charge is 0.325 e. The number of amides is 6. The van der Waals surface area contributed by atoms with Crippen LogP contribution in [0.1, 0.15) is 80.6 Å². The van der Waals surface area contributed by atoms with E-state index in [1.54, 1.807) is 32.9 Å². The summed E-state index contributed by atoms with van der Waals surface area (Å²) in [6, 6.07) is -7.03. The molecule has 0 aromatic rings. The molecule has 58 heavy (non-hydrogen) atoms. The van der Waals surface area contributed by atoms with Crippen LogP contribution >= 0.6 is 0 Å². The van der Waals surface area contributed by atoms with Crippen molar-refractivity contribution in [2.75, 3.05) is 6.54 Å². The van der Waals surface area contributed by atoms with E-state index in [9.17, 15) is 53.7 Å². The van der Waals surface area contributed by atoms with Gasteiger partial charge in [0.05, 0.1) is 12.1 Å². The summed E-state index contributed by atoms with van der Waals surface area (Å²) < 4.78 is 0. The van der Waals surface area contributed by atoms with Gasteiger partial charge < -0.3 is 64.4 Å². The third-order valence-corrected chi connectivity index (χ3v) is 7.83. The molecule has 1 unspecified atom stereocenters. The highest BCUT2D eigenvalue weighted by Gasteiger charge is 2.33. The van der Waals surface area contributed by atoms with Crippen molar-refractivity contribution < 1.29 is 53.7 Å². The van der Waals surface area contributed by atoms with Crippen LogP contribution < -0.4 is 49.1 Å². The number of nitrogens with zero attached hydrogens (tertiary/aromatic N) is 1. The topological polar surface area (TPSA) is 360 Å². The minimum Gasteiger partial charge on any atom is -0.481 e. The lowest BCUT2D eigenvalue weighted by atomic mass is 10.0. The number of carboxylic acids is 2. The third kappa shape index (κ3) is 20.2. The Morgan fingerprint density at radius 1 is 0.793 bits per heavy atom. The van der Waals surface area contributed by atoms with E-state index < -0.39 is 102 Å². The fourth-order valence-electron chi connectivity index (χ4n) is 4.80. The van der Waals surface area contributed by atoms with Gasteiger partial charge in [-0.15, -0.1) is 0 Å². The van der Waals surface area contributed by atoms with Crippen LogP contribution in [0.15, 0.2) is 52.3 Å². The fourth-order valence-corrected chi connectivity index (χ4v) is 4.80. The summed E-state index contributed by atoms with van der Waals surface area (Å²) in [5, 5.41) is 43.2. The maximum absolute atomic E-state index is 13.6. The van der Waals surface area contributed by atoms with Gasteiger partial charge in [0.1, 0.15) is 35.6 Å². The van der Waals surface area contributed by atoms with Crippen molar-refractivity contribution >= 4 is 53.3 Å². The molecule has 0 aliphatic rings. The number of rotatable bonds is 25. The number of nitrogens with two attached hydrogens (primary N) is 3. The minimum atomic E-state index is -1.71. The van der Waals surface area contributed by atoms with E-state index in [0.717, 1.165) is 0 Å². The van der Waals surface area contributed by atoms with Crippen molar-refractivity contribution in [3.63, 3.8) is 0 Å². The average Bonchev–Trinajstić information content (AvgIpc) is 3.11. The van der Waals surface area contributed by atoms with E-state index in [1.165, 1.54) is 33.8 Å². The summed E-state index contributed by atoms with van der Waals surface area (Å²) >= 11 is 0. The van der Waals surface area contributed by atoms with E-state index in [4.69, 9.17) is 17.2 Å². The molecule has 0 saturated heterocycles. The summed E-state index contributed by atoms with van der Waals surface area (Å²) in [5.74, 6) is -8.89. The largest absolute Gasteiger partial charge is 0.481 e. The Labute approximate surface area is 337 Å². The monoisotopic (exact) mass is 820 g/mol. The van der Waals surface area contributed by atoms with E-state index in [1.807, 2.05) is 0 Å². The number of aliphatic hydroxyl groups is 1. The number of guanidine groups is 1. The normalized spacial score (nSPS) is 14.3. The van der Waals surface area contributed by atoms with Gasteiger partial charge in [-0.05, 0) is 65.4 Å². The summed E-state index contributed by atoms with van der Waals surface area (Å²) in [6.45, 7) is 14.4. The molecule has 0 bridgehead atoms. The molecule has 21 nitrogen and oxygen atoms in total. The number of aliphatic imine (C=N–C) groups is 1. The number of hydrogen-bond acceptors (Lipinski definition) is 11. The van der Waals surface area contributed by atoms with Gasteiger partial charge in [-0.3, -0.25) is 43.3 Å². The van der Waals surface area contributed by atoms with E-state index in [-0.39, 0.29) is 42.5 Å². The number of hydrogen-bond donors (Lipinski definition) is 12. The van der Waals surface area contributed by atoms with Gasteiger partial charge >= 0.3 is 11.9 Å². The predicted octanol–water partition coefficient (Wildman–Crippen LogP) is -1.75. The Morgan fingerprint density at radius 3 is 1.91 bits per heavy atom. The Balaban J connectivity index is 6.34. The van der Waals surface area contributed by atoms with Crippen LogP contribution in [0, 0.1) is 5.92 Å². The Hall–Kier alpha value is -6.09. The molecule has 21 heteroatoms. The predicted molar refractivity (Wildman–Crippen MR) is 214 cm³/mol. The van der Waals surface area contributed by atoms with Crippen LogP contribution in [0.5, 0.6) is 0 Å². The van der Waals surface area contributed by atoms with Gasteiger partial charge in [0.15, 0.2) is 5.96 Å². The minimum absolute atomic E-state index is 0.119. The van der Waals surface area contributed by atoms with Gasteiger partial charge in [0.25, 0.3) is 11.8 Å². The number of carboxylic acid groups (broad SMARTS) is 2. The number of carbonyl (C=O) groups excluding carboxylic acids is 6. The Bertz CT molecular complexity index is 1640. The number of aliphatic hydroxyl groups excluding tert-OH is 1. The van der Waals surface area contributed by atoms with Gasteiger partial charge in [-0.1, -0.05) is 44.2 Å². The summed E-state index contributed by atoms with van der Waals surface area (Å²) in [7, 11) is 0. The standard InChI is InChI=1S/C37H60N10O11/c1-9-11-20(6)17-26(44-30(51)23(38)12-10-15-41-37(39)40)33(54)47-29(22(8)48)35(56)46-28(19(4)5)34(55)43-24(13-14-27(49)50)31(52)45-25(16-18(2)3)32(53)42-21(7)36(57)58/h9,11,16,18,21-24,26,29,48H,6,10,12-15,17,38H2,1-5,7-8H3,(H,42,53)(H,43,55)(H,44,51)(H,45,52)(H,46,56)(H,47,54)(H,49,50)(H,57,58)(H4,39,40,41)/b11-9-,25-16-/t21-,22?,23-,24-,26-,29-/m1/s1. The van der Waals surface area contributed by atoms with Crippen molar-refractivity contribution in [2.45, 2.75) is 117 Å². The van der Waals surface area contributed by atoms with Crippen LogP contribution in [0.3, 0.4) is 0 Å². The lowest BCUT2D eigenvalue weighted by Crippen LogP contribution is -2.59. The Kier molecular flexibility index (Phi) is 23.2. The number of carbonyl (C=O) groups is 8. The zero-order chi connectivity index (χ0) is 44.9. The molecule has 0 radical (unpaired) electrons. The molecule has 0 aliphatic heterocycles. The molecule has 0 fully saturated rings. The molecule has 0 aromatic heterocycles. The maximum Gasteiger partial charge on any atom is 0.325 e. The molecule has 0 spiro atoms. The maximum atomic E-state index is 13.6. The molecule has 0 saturated carbocycles. The fraction of sp³-hybridized carbons (Fsp3) is 0.541. The number of allylic oxidation sites excluding steroid dienone is 4. The summed E-state index contributed by atoms with van der Waals surface area (Å²) in [5.41, 5.74) is 16.5. The highest BCUT2D eigenvalue weighted by atomic mass is 16.4. The first-order chi connectivity index (χ1) is 26.9. The molecule has 6 amide bonds.